The summed E-state index contributed by atoms with van der Waals surface area (Å²) in [5, 5.41) is 7.14. The SMILES string of the molecule is CN=C(NCC1CN2CCN1CC2)NCC1CCCN1Cc1ccccc1. The molecule has 148 valence electrons. The first-order chi connectivity index (χ1) is 13.3. The van der Waals surface area contributed by atoms with Crippen LogP contribution >= 0.6 is 0 Å². The number of guanidine groups is 1. The minimum atomic E-state index is 0.587. The number of piperazine rings is 3. The van der Waals surface area contributed by atoms with Gasteiger partial charge in [-0.05, 0) is 24.9 Å². The van der Waals surface area contributed by atoms with Gasteiger partial charge in [0.15, 0.2) is 5.96 Å². The van der Waals surface area contributed by atoms with Crippen molar-refractivity contribution in [2.75, 3.05) is 59.4 Å². The Hall–Kier alpha value is -1.63. The van der Waals surface area contributed by atoms with Gasteiger partial charge in [-0.2, -0.15) is 0 Å². The third kappa shape index (κ3) is 4.81. The lowest BCUT2D eigenvalue weighted by atomic mass is 10.1. The minimum absolute atomic E-state index is 0.587. The summed E-state index contributed by atoms with van der Waals surface area (Å²) in [5.74, 6) is 0.944. The van der Waals surface area contributed by atoms with Crippen LogP contribution in [0.5, 0.6) is 0 Å². The Morgan fingerprint density at radius 3 is 2.41 bits per heavy atom. The molecule has 5 rings (SSSR count). The Bertz CT molecular complexity index is 610. The molecule has 1 aromatic rings. The third-order valence-corrected chi connectivity index (χ3v) is 6.35. The average molecular weight is 371 g/mol. The first kappa shape index (κ1) is 18.7. The zero-order valence-corrected chi connectivity index (χ0v) is 16.6. The Morgan fingerprint density at radius 1 is 1.00 bits per heavy atom. The normalized spacial score (nSPS) is 31.2. The molecule has 0 spiro atoms. The quantitative estimate of drug-likeness (QED) is 0.573. The second-order valence-electron chi connectivity index (χ2n) is 8.08. The van der Waals surface area contributed by atoms with Gasteiger partial charge in [-0.1, -0.05) is 30.3 Å². The average Bonchev–Trinajstić information content (AvgIpc) is 3.17. The predicted octanol–water partition coefficient (Wildman–Crippen LogP) is 0.816. The molecule has 4 aliphatic rings. The number of hydrogen-bond acceptors (Lipinski definition) is 4. The summed E-state index contributed by atoms with van der Waals surface area (Å²) in [6.45, 7) is 10.3. The molecule has 2 bridgehead atoms. The highest BCUT2D eigenvalue weighted by Gasteiger charge is 2.31. The zero-order valence-electron chi connectivity index (χ0n) is 16.6. The molecule has 0 radical (unpaired) electrons. The molecular weight excluding hydrogens is 336 g/mol. The molecule has 4 saturated heterocycles. The van der Waals surface area contributed by atoms with Crippen molar-refractivity contribution in [1.82, 2.24) is 25.3 Å². The van der Waals surface area contributed by atoms with Crippen LogP contribution in [0.15, 0.2) is 35.3 Å². The largest absolute Gasteiger partial charge is 0.355 e. The summed E-state index contributed by atoms with van der Waals surface area (Å²) in [4.78, 5) is 12.3. The maximum absolute atomic E-state index is 4.45. The Morgan fingerprint density at radius 2 is 1.74 bits per heavy atom. The molecule has 4 fully saturated rings. The molecular formula is C21H34N6. The molecule has 6 heteroatoms. The molecule has 4 aliphatic heterocycles. The number of likely N-dealkylation sites (tertiary alicyclic amines) is 1. The second kappa shape index (κ2) is 9.04. The van der Waals surface area contributed by atoms with Crippen LogP contribution in [0, 0.1) is 0 Å². The maximum atomic E-state index is 4.45. The second-order valence-corrected chi connectivity index (χ2v) is 8.08. The number of hydrogen-bond donors (Lipinski definition) is 2. The first-order valence-electron chi connectivity index (χ1n) is 10.5. The van der Waals surface area contributed by atoms with E-state index in [-0.39, 0.29) is 0 Å². The predicted molar refractivity (Wildman–Crippen MR) is 111 cm³/mol. The van der Waals surface area contributed by atoms with E-state index in [1.165, 1.54) is 57.7 Å². The summed E-state index contributed by atoms with van der Waals surface area (Å²) in [6.07, 6.45) is 2.56. The van der Waals surface area contributed by atoms with Crippen LogP contribution < -0.4 is 10.6 Å². The molecule has 0 aliphatic carbocycles. The van der Waals surface area contributed by atoms with Crippen molar-refractivity contribution in [2.24, 2.45) is 4.99 Å². The molecule has 6 nitrogen and oxygen atoms in total. The van der Waals surface area contributed by atoms with E-state index in [0.29, 0.717) is 12.1 Å². The van der Waals surface area contributed by atoms with E-state index in [4.69, 9.17) is 0 Å². The number of nitrogens with one attached hydrogen (secondary N) is 2. The molecule has 2 unspecified atom stereocenters. The smallest absolute Gasteiger partial charge is 0.191 e. The number of nitrogens with zero attached hydrogens (tertiary/aromatic N) is 4. The number of fused-ring (bicyclic) bond motifs is 3. The van der Waals surface area contributed by atoms with Crippen LogP contribution in [0.3, 0.4) is 0 Å². The van der Waals surface area contributed by atoms with E-state index in [1.807, 2.05) is 7.05 Å². The summed E-state index contributed by atoms with van der Waals surface area (Å²) < 4.78 is 0. The van der Waals surface area contributed by atoms with Crippen LogP contribution in [0.1, 0.15) is 18.4 Å². The molecule has 27 heavy (non-hydrogen) atoms. The molecule has 2 atom stereocenters. The van der Waals surface area contributed by atoms with Crippen molar-refractivity contribution in [1.29, 1.82) is 0 Å². The maximum Gasteiger partial charge on any atom is 0.191 e. The summed E-state index contributed by atoms with van der Waals surface area (Å²) in [7, 11) is 1.88. The minimum Gasteiger partial charge on any atom is -0.355 e. The van der Waals surface area contributed by atoms with E-state index in [9.17, 15) is 0 Å². The van der Waals surface area contributed by atoms with Crippen molar-refractivity contribution >= 4 is 5.96 Å². The Balaban J connectivity index is 1.23. The van der Waals surface area contributed by atoms with Gasteiger partial charge in [-0.25, -0.2) is 0 Å². The van der Waals surface area contributed by atoms with E-state index in [0.717, 1.165) is 25.6 Å². The number of benzene rings is 1. The first-order valence-corrected chi connectivity index (χ1v) is 10.5. The molecule has 4 heterocycles. The standard InChI is InChI=1S/C21H34N6/c1-22-21(24-15-20-17-25-10-12-26(20)13-11-25)23-14-19-8-5-9-27(19)16-18-6-3-2-4-7-18/h2-4,6-7,19-20H,5,8-17H2,1H3,(H2,22,23,24). The van der Waals surface area contributed by atoms with Gasteiger partial charge in [0.1, 0.15) is 0 Å². The van der Waals surface area contributed by atoms with E-state index in [2.05, 4.69) is 60.7 Å². The van der Waals surface area contributed by atoms with Crippen molar-refractivity contribution < 1.29 is 0 Å². The van der Waals surface area contributed by atoms with Gasteiger partial charge in [0.25, 0.3) is 0 Å². The molecule has 2 N–H and O–H groups in total. The summed E-state index contributed by atoms with van der Waals surface area (Å²) >= 11 is 0. The van der Waals surface area contributed by atoms with Gasteiger partial charge in [0.05, 0.1) is 0 Å². The summed E-state index contributed by atoms with van der Waals surface area (Å²) in [6, 6.07) is 12.0. The number of rotatable bonds is 6. The van der Waals surface area contributed by atoms with Gasteiger partial charge in [0.2, 0.25) is 0 Å². The van der Waals surface area contributed by atoms with Gasteiger partial charge in [-0.15, -0.1) is 0 Å². The van der Waals surface area contributed by atoms with Crippen LogP contribution in [0.2, 0.25) is 0 Å². The van der Waals surface area contributed by atoms with Gasteiger partial charge in [-0.3, -0.25) is 19.7 Å². The van der Waals surface area contributed by atoms with E-state index in [1.54, 1.807) is 0 Å². The molecule has 1 aromatic carbocycles. The van der Waals surface area contributed by atoms with Gasteiger partial charge >= 0.3 is 0 Å². The fourth-order valence-electron chi connectivity index (χ4n) is 4.72. The lowest BCUT2D eigenvalue weighted by molar-refractivity contribution is 0.0154. The van der Waals surface area contributed by atoms with Crippen molar-refractivity contribution in [3.8, 4) is 0 Å². The van der Waals surface area contributed by atoms with Crippen LogP contribution in [-0.2, 0) is 6.54 Å². The highest BCUT2D eigenvalue weighted by Crippen LogP contribution is 2.19. The highest BCUT2D eigenvalue weighted by atomic mass is 15.4. The number of aliphatic imine (C=N–C) groups is 1. The lowest BCUT2D eigenvalue weighted by Gasteiger charge is -2.47. The lowest BCUT2D eigenvalue weighted by Crippen LogP contribution is -2.64. The van der Waals surface area contributed by atoms with Crippen molar-refractivity contribution in [3.63, 3.8) is 0 Å². The van der Waals surface area contributed by atoms with Crippen molar-refractivity contribution in [3.05, 3.63) is 35.9 Å². The molecule has 0 saturated carbocycles. The van der Waals surface area contributed by atoms with E-state index >= 15 is 0 Å². The fraction of sp³-hybridized carbons (Fsp3) is 0.667. The molecule has 0 aromatic heterocycles. The van der Waals surface area contributed by atoms with Gasteiger partial charge < -0.3 is 10.6 Å². The van der Waals surface area contributed by atoms with Crippen LogP contribution in [0.4, 0.5) is 0 Å². The topological polar surface area (TPSA) is 46.1 Å². The summed E-state index contributed by atoms with van der Waals surface area (Å²) in [5.41, 5.74) is 1.41. The van der Waals surface area contributed by atoms with Crippen LogP contribution in [0.25, 0.3) is 0 Å². The monoisotopic (exact) mass is 370 g/mol. The highest BCUT2D eigenvalue weighted by molar-refractivity contribution is 5.79. The van der Waals surface area contributed by atoms with Gasteiger partial charge in [0, 0.05) is 71.5 Å². The van der Waals surface area contributed by atoms with Crippen LogP contribution in [-0.4, -0.2) is 92.1 Å². The Labute approximate surface area is 163 Å². The van der Waals surface area contributed by atoms with E-state index < -0.39 is 0 Å². The van der Waals surface area contributed by atoms with Crippen molar-refractivity contribution in [2.45, 2.75) is 31.5 Å². The third-order valence-electron chi connectivity index (χ3n) is 6.35. The Kier molecular flexibility index (Phi) is 6.27. The molecule has 0 amide bonds. The zero-order chi connectivity index (χ0) is 18.5. The fourth-order valence-corrected chi connectivity index (χ4v) is 4.72.